The van der Waals surface area contributed by atoms with Gasteiger partial charge in [-0.2, -0.15) is 0 Å². The van der Waals surface area contributed by atoms with Gasteiger partial charge in [0.15, 0.2) is 17.3 Å². The highest BCUT2D eigenvalue weighted by atomic mass is 35.5. The van der Waals surface area contributed by atoms with Crippen LogP contribution in [0.15, 0.2) is 28.8 Å². The predicted molar refractivity (Wildman–Crippen MR) is 86.4 cm³/mol. The van der Waals surface area contributed by atoms with Crippen LogP contribution in [0, 0.1) is 12.7 Å². The van der Waals surface area contributed by atoms with E-state index in [1.165, 1.54) is 12.1 Å². The molecule has 0 bridgehead atoms. The van der Waals surface area contributed by atoms with Gasteiger partial charge in [0.05, 0.1) is 17.1 Å². The van der Waals surface area contributed by atoms with Crippen molar-refractivity contribution in [1.82, 2.24) is 24.8 Å². The molecule has 7 nitrogen and oxygen atoms in total. The first-order chi connectivity index (χ1) is 12.0. The summed E-state index contributed by atoms with van der Waals surface area (Å²) in [5.41, 5.74) is 0.876. The summed E-state index contributed by atoms with van der Waals surface area (Å²) < 4.78 is 20.2. The van der Waals surface area contributed by atoms with Crippen molar-refractivity contribution in [1.29, 1.82) is 0 Å². The highest BCUT2D eigenvalue weighted by Crippen LogP contribution is 2.24. The molecule has 0 radical (unpaired) electrons. The fraction of sp³-hybridized carbons (Fsp3) is 0.250. The first-order valence-electron chi connectivity index (χ1n) is 7.63. The standard InChI is InChI=1S/C16H13ClFN5O2/c1-9-6-13(21-25-9)15-20-19-14-8-22(4-5-23(14)15)16(24)11-3-2-10(18)7-12(11)17/h2-3,6-7H,4-5,8H2,1H3. The van der Waals surface area contributed by atoms with Crippen molar-refractivity contribution in [2.24, 2.45) is 0 Å². The van der Waals surface area contributed by atoms with Gasteiger partial charge >= 0.3 is 0 Å². The summed E-state index contributed by atoms with van der Waals surface area (Å²) in [6.45, 7) is 3.07. The zero-order chi connectivity index (χ0) is 17.6. The molecule has 0 aliphatic carbocycles. The van der Waals surface area contributed by atoms with Crippen LogP contribution in [0.2, 0.25) is 5.02 Å². The van der Waals surface area contributed by atoms with Crippen LogP contribution in [0.25, 0.3) is 11.5 Å². The van der Waals surface area contributed by atoms with Gasteiger partial charge in [0.2, 0.25) is 0 Å². The fourth-order valence-electron chi connectivity index (χ4n) is 2.83. The van der Waals surface area contributed by atoms with E-state index < -0.39 is 5.82 Å². The van der Waals surface area contributed by atoms with Crippen molar-refractivity contribution < 1.29 is 13.7 Å². The number of aromatic nitrogens is 4. The van der Waals surface area contributed by atoms with E-state index in [1.807, 2.05) is 4.57 Å². The van der Waals surface area contributed by atoms with Gasteiger partial charge in [-0.25, -0.2) is 4.39 Å². The summed E-state index contributed by atoms with van der Waals surface area (Å²) in [5, 5.41) is 12.4. The second-order valence-corrected chi connectivity index (χ2v) is 6.17. The average molecular weight is 362 g/mol. The number of benzene rings is 1. The number of nitrogens with zero attached hydrogens (tertiary/aromatic N) is 5. The average Bonchev–Trinajstić information content (AvgIpc) is 3.19. The van der Waals surface area contributed by atoms with Crippen LogP contribution < -0.4 is 0 Å². The summed E-state index contributed by atoms with van der Waals surface area (Å²) >= 11 is 5.99. The van der Waals surface area contributed by atoms with Gasteiger partial charge in [-0.1, -0.05) is 16.8 Å². The normalized spacial score (nSPS) is 13.8. The minimum atomic E-state index is -0.479. The van der Waals surface area contributed by atoms with Gasteiger partial charge < -0.3 is 14.0 Å². The molecule has 0 atom stereocenters. The van der Waals surface area contributed by atoms with E-state index in [1.54, 1.807) is 17.9 Å². The van der Waals surface area contributed by atoms with Crippen LogP contribution in [-0.2, 0) is 13.1 Å². The molecule has 3 heterocycles. The van der Waals surface area contributed by atoms with Crippen molar-refractivity contribution in [2.75, 3.05) is 6.54 Å². The largest absolute Gasteiger partial charge is 0.361 e. The Hall–Kier alpha value is -2.74. The van der Waals surface area contributed by atoms with Gasteiger partial charge in [-0.3, -0.25) is 4.79 Å². The molecule has 4 rings (SSSR count). The molecule has 0 saturated carbocycles. The van der Waals surface area contributed by atoms with Crippen molar-refractivity contribution in [2.45, 2.75) is 20.0 Å². The number of rotatable bonds is 2. The molecule has 128 valence electrons. The third-order valence-corrected chi connectivity index (χ3v) is 4.37. The third kappa shape index (κ3) is 2.78. The molecule has 0 saturated heterocycles. The number of hydrogen-bond acceptors (Lipinski definition) is 5. The van der Waals surface area contributed by atoms with Crippen LogP contribution >= 0.6 is 11.6 Å². The van der Waals surface area contributed by atoms with Crippen molar-refractivity contribution in [3.63, 3.8) is 0 Å². The molecule has 1 aromatic carbocycles. The Morgan fingerprint density at radius 3 is 2.84 bits per heavy atom. The molecular formula is C16H13ClFN5O2. The number of carbonyl (C=O) groups excluding carboxylic acids is 1. The number of hydrogen-bond donors (Lipinski definition) is 0. The molecule has 3 aromatic rings. The first-order valence-corrected chi connectivity index (χ1v) is 8.01. The van der Waals surface area contributed by atoms with Crippen LogP contribution in [-0.4, -0.2) is 37.3 Å². The topological polar surface area (TPSA) is 77.1 Å². The SMILES string of the molecule is Cc1cc(-c2nnc3n2CCN(C(=O)c2ccc(F)cc2Cl)C3)no1. The van der Waals surface area contributed by atoms with Gasteiger partial charge in [0.1, 0.15) is 11.6 Å². The van der Waals surface area contributed by atoms with Gasteiger partial charge in [-0.05, 0) is 25.1 Å². The van der Waals surface area contributed by atoms with Crippen molar-refractivity contribution in [3.8, 4) is 11.5 Å². The molecule has 25 heavy (non-hydrogen) atoms. The first kappa shape index (κ1) is 15.8. The molecule has 0 spiro atoms. The highest BCUT2D eigenvalue weighted by Gasteiger charge is 2.27. The molecule has 1 amide bonds. The number of carbonyl (C=O) groups is 1. The maximum Gasteiger partial charge on any atom is 0.255 e. The summed E-state index contributed by atoms with van der Waals surface area (Å²) in [6, 6.07) is 5.53. The van der Waals surface area contributed by atoms with Crippen LogP contribution in [0.1, 0.15) is 21.9 Å². The molecular weight excluding hydrogens is 349 g/mol. The lowest BCUT2D eigenvalue weighted by Gasteiger charge is -2.28. The summed E-state index contributed by atoms with van der Waals surface area (Å²) in [6.07, 6.45) is 0. The lowest BCUT2D eigenvalue weighted by Crippen LogP contribution is -2.38. The van der Waals surface area contributed by atoms with Crippen molar-refractivity contribution >= 4 is 17.5 Å². The lowest BCUT2D eigenvalue weighted by atomic mass is 10.1. The summed E-state index contributed by atoms with van der Waals surface area (Å²) in [5.74, 6) is 1.20. The maximum absolute atomic E-state index is 13.2. The van der Waals surface area contributed by atoms with E-state index in [-0.39, 0.29) is 23.0 Å². The molecule has 1 aliphatic rings. The summed E-state index contributed by atoms with van der Waals surface area (Å²) in [7, 11) is 0. The Bertz CT molecular complexity index is 967. The Labute approximate surface area is 147 Å². The Morgan fingerprint density at radius 1 is 1.28 bits per heavy atom. The highest BCUT2D eigenvalue weighted by molar-refractivity contribution is 6.33. The number of aryl methyl sites for hydroxylation is 1. The van der Waals surface area contributed by atoms with Gasteiger partial charge in [0, 0.05) is 19.2 Å². The van der Waals surface area contributed by atoms with E-state index >= 15 is 0 Å². The smallest absolute Gasteiger partial charge is 0.255 e. The fourth-order valence-corrected chi connectivity index (χ4v) is 3.07. The minimum Gasteiger partial charge on any atom is -0.361 e. The number of halogens is 2. The van der Waals surface area contributed by atoms with Crippen molar-refractivity contribution in [3.05, 3.63) is 52.3 Å². The van der Waals surface area contributed by atoms with Gasteiger partial charge in [0.25, 0.3) is 5.91 Å². The van der Waals surface area contributed by atoms with E-state index in [9.17, 15) is 9.18 Å². The lowest BCUT2D eigenvalue weighted by molar-refractivity contribution is 0.0708. The number of fused-ring (bicyclic) bond motifs is 1. The van der Waals surface area contributed by atoms with E-state index in [0.717, 1.165) is 6.07 Å². The zero-order valence-electron chi connectivity index (χ0n) is 13.2. The van der Waals surface area contributed by atoms with E-state index in [0.29, 0.717) is 36.2 Å². The molecule has 1 aliphatic heterocycles. The third-order valence-electron chi connectivity index (χ3n) is 4.06. The van der Waals surface area contributed by atoms with Crippen LogP contribution in [0.5, 0.6) is 0 Å². The molecule has 0 N–H and O–H groups in total. The van der Waals surface area contributed by atoms with Crippen LogP contribution in [0.4, 0.5) is 4.39 Å². The van der Waals surface area contributed by atoms with Gasteiger partial charge in [-0.15, -0.1) is 10.2 Å². The monoisotopic (exact) mass is 361 g/mol. The van der Waals surface area contributed by atoms with E-state index in [2.05, 4.69) is 15.4 Å². The Balaban J connectivity index is 1.59. The Kier molecular flexibility index (Phi) is 3.76. The summed E-state index contributed by atoms with van der Waals surface area (Å²) in [4.78, 5) is 14.3. The predicted octanol–water partition coefficient (Wildman–Crippen LogP) is 2.69. The quantitative estimate of drug-likeness (QED) is 0.701. The molecule has 0 unspecified atom stereocenters. The molecule has 9 heteroatoms. The number of amides is 1. The van der Waals surface area contributed by atoms with Crippen LogP contribution in [0.3, 0.4) is 0 Å². The molecule has 0 fully saturated rings. The zero-order valence-corrected chi connectivity index (χ0v) is 14.0. The Morgan fingerprint density at radius 2 is 2.12 bits per heavy atom. The minimum absolute atomic E-state index is 0.0933. The molecule has 2 aromatic heterocycles. The van der Waals surface area contributed by atoms with E-state index in [4.69, 9.17) is 16.1 Å². The second kappa shape index (κ2) is 5.96. The second-order valence-electron chi connectivity index (χ2n) is 5.77. The maximum atomic E-state index is 13.2.